The van der Waals surface area contributed by atoms with Crippen LogP contribution < -0.4 is 10.5 Å². The lowest BCUT2D eigenvalue weighted by Gasteiger charge is -2.27. The SMILES string of the molecule is Cc1ccc(C(C)C)c(OCC(N)C(C)(C)C)c1. The van der Waals surface area contributed by atoms with Crippen molar-refractivity contribution in [1.82, 2.24) is 0 Å². The second kappa shape index (κ2) is 5.75. The molecule has 0 radical (unpaired) electrons. The Balaban J connectivity index is 2.81. The van der Waals surface area contributed by atoms with Gasteiger partial charge in [-0.2, -0.15) is 0 Å². The molecule has 1 rings (SSSR count). The Morgan fingerprint density at radius 1 is 1.22 bits per heavy atom. The predicted molar refractivity (Wildman–Crippen MR) is 78.2 cm³/mol. The summed E-state index contributed by atoms with van der Waals surface area (Å²) in [7, 11) is 0. The largest absolute Gasteiger partial charge is 0.492 e. The summed E-state index contributed by atoms with van der Waals surface area (Å²) in [6.45, 7) is 13.4. The molecule has 18 heavy (non-hydrogen) atoms. The van der Waals surface area contributed by atoms with Gasteiger partial charge >= 0.3 is 0 Å². The maximum atomic E-state index is 6.14. The first kappa shape index (κ1) is 15.0. The Labute approximate surface area is 112 Å². The molecule has 0 spiro atoms. The van der Waals surface area contributed by atoms with Crippen LogP contribution in [0.15, 0.2) is 18.2 Å². The topological polar surface area (TPSA) is 35.2 Å². The fourth-order valence-corrected chi connectivity index (χ4v) is 1.67. The van der Waals surface area contributed by atoms with Crippen molar-refractivity contribution < 1.29 is 4.74 Å². The first-order valence-corrected chi connectivity index (χ1v) is 6.70. The summed E-state index contributed by atoms with van der Waals surface area (Å²) in [4.78, 5) is 0. The van der Waals surface area contributed by atoms with Crippen LogP contribution in [0.1, 0.15) is 51.7 Å². The van der Waals surface area contributed by atoms with Crippen molar-refractivity contribution in [1.29, 1.82) is 0 Å². The third-order valence-electron chi connectivity index (χ3n) is 3.32. The summed E-state index contributed by atoms with van der Waals surface area (Å²) < 4.78 is 5.94. The lowest BCUT2D eigenvalue weighted by molar-refractivity contribution is 0.204. The molecule has 0 heterocycles. The van der Waals surface area contributed by atoms with Crippen LogP contribution in [-0.2, 0) is 0 Å². The van der Waals surface area contributed by atoms with Crippen LogP contribution in [0.3, 0.4) is 0 Å². The van der Waals surface area contributed by atoms with Crippen LogP contribution in [0, 0.1) is 12.3 Å². The molecule has 0 saturated heterocycles. The van der Waals surface area contributed by atoms with Gasteiger partial charge in [-0.05, 0) is 35.4 Å². The zero-order valence-corrected chi connectivity index (χ0v) is 12.6. The number of aryl methyl sites for hydroxylation is 1. The highest BCUT2D eigenvalue weighted by atomic mass is 16.5. The summed E-state index contributed by atoms with van der Waals surface area (Å²) in [5.74, 6) is 1.44. The second-order valence-corrected chi connectivity index (χ2v) is 6.48. The van der Waals surface area contributed by atoms with Crippen molar-refractivity contribution in [3.8, 4) is 5.75 Å². The van der Waals surface area contributed by atoms with E-state index in [9.17, 15) is 0 Å². The normalized spacial score (nSPS) is 13.8. The van der Waals surface area contributed by atoms with Crippen molar-refractivity contribution in [2.75, 3.05) is 6.61 Å². The number of ether oxygens (including phenoxy) is 1. The van der Waals surface area contributed by atoms with E-state index in [1.165, 1.54) is 11.1 Å². The van der Waals surface area contributed by atoms with Gasteiger partial charge in [0.25, 0.3) is 0 Å². The van der Waals surface area contributed by atoms with Gasteiger partial charge in [0.05, 0.1) is 0 Å². The smallest absolute Gasteiger partial charge is 0.123 e. The first-order chi connectivity index (χ1) is 8.21. The zero-order valence-electron chi connectivity index (χ0n) is 12.6. The number of nitrogens with two attached hydrogens (primary N) is 1. The molecule has 1 atom stereocenters. The van der Waals surface area contributed by atoms with E-state index < -0.39 is 0 Å². The summed E-state index contributed by atoms with van der Waals surface area (Å²) in [5, 5.41) is 0. The summed E-state index contributed by atoms with van der Waals surface area (Å²) in [5.41, 5.74) is 8.68. The molecule has 2 N–H and O–H groups in total. The van der Waals surface area contributed by atoms with E-state index >= 15 is 0 Å². The molecule has 0 fully saturated rings. The Morgan fingerprint density at radius 2 is 1.83 bits per heavy atom. The van der Waals surface area contributed by atoms with Crippen LogP contribution >= 0.6 is 0 Å². The molecule has 0 aliphatic carbocycles. The maximum Gasteiger partial charge on any atom is 0.123 e. The molecule has 102 valence electrons. The summed E-state index contributed by atoms with van der Waals surface area (Å²) >= 11 is 0. The van der Waals surface area contributed by atoms with Gasteiger partial charge < -0.3 is 10.5 Å². The first-order valence-electron chi connectivity index (χ1n) is 6.70. The van der Waals surface area contributed by atoms with E-state index in [2.05, 4.69) is 59.7 Å². The summed E-state index contributed by atoms with van der Waals surface area (Å²) in [6, 6.07) is 6.42. The molecule has 0 aromatic heterocycles. The molecular formula is C16H27NO. The Kier molecular flexibility index (Phi) is 4.80. The molecule has 2 nitrogen and oxygen atoms in total. The number of hydrogen-bond acceptors (Lipinski definition) is 2. The Hall–Kier alpha value is -1.02. The minimum atomic E-state index is 0.0398. The Morgan fingerprint density at radius 3 is 2.33 bits per heavy atom. The highest BCUT2D eigenvalue weighted by molar-refractivity contribution is 5.39. The quantitative estimate of drug-likeness (QED) is 0.879. The lowest BCUT2D eigenvalue weighted by Crippen LogP contribution is -2.40. The van der Waals surface area contributed by atoms with Crippen LogP contribution in [0.4, 0.5) is 0 Å². The zero-order chi connectivity index (χ0) is 13.9. The third kappa shape index (κ3) is 4.02. The average Bonchev–Trinajstić information content (AvgIpc) is 2.24. The molecule has 0 aliphatic heterocycles. The van der Waals surface area contributed by atoms with Crippen LogP contribution in [0.5, 0.6) is 5.75 Å². The second-order valence-electron chi connectivity index (χ2n) is 6.48. The number of benzene rings is 1. The van der Waals surface area contributed by atoms with Gasteiger partial charge in [0.15, 0.2) is 0 Å². The van der Waals surface area contributed by atoms with Crippen molar-refractivity contribution in [3.63, 3.8) is 0 Å². The highest BCUT2D eigenvalue weighted by Gasteiger charge is 2.21. The fraction of sp³-hybridized carbons (Fsp3) is 0.625. The summed E-state index contributed by atoms with van der Waals surface area (Å²) in [6.07, 6.45) is 0. The van der Waals surface area contributed by atoms with E-state index in [1.807, 2.05) is 0 Å². The van der Waals surface area contributed by atoms with Gasteiger partial charge in [0.1, 0.15) is 12.4 Å². The molecule has 0 saturated carbocycles. The minimum Gasteiger partial charge on any atom is -0.492 e. The standard InChI is InChI=1S/C16H27NO/c1-11(2)13-8-7-12(3)9-14(13)18-10-15(17)16(4,5)6/h7-9,11,15H,10,17H2,1-6H3. The van der Waals surface area contributed by atoms with Gasteiger partial charge in [-0.25, -0.2) is 0 Å². The molecule has 0 aliphatic rings. The average molecular weight is 249 g/mol. The molecule has 1 aromatic carbocycles. The van der Waals surface area contributed by atoms with E-state index in [0.717, 1.165) is 5.75 Å². The molecule has 0 amide bonds. The van der Waals surface area contributed by atoms with E-state index in [-0.39, 0.29) is 11.5 Å². The maximum absolute atomic E-state index is 6.14. The molecule has 1 aromatic rings. The third-order valence-corrected chi connectivity index (χ3v) is 3.32. The van der Waals surface area contributed by atoms with Crippen LogP contribution in [0.25, 0.3) is 0 Å². The molecule has 1 unspecified atom stereocenters. The van der Waals surface area contributed by atoms with Gasteiger partial charge in [0, 0.05) is 6.04 Å². The molecular weight excluding hydrogens is 222 g/mol. The van der Waals surface area contributed by atoms with Crippen LogP contribution in [-0.4, -0.2) is 12.6 Å². The molecule has 0 bridgehead atoms. The highest BCUT2D eigenvalue weighted by Crippen LogP contribution is 2.28. The number of hydrogen-bond donors (Lipinski definition) is 1. The van der Waals surface area contributed by atoms with Crippen molar-refractivity contribution in [3.05, 3.63) is 29.3 Å². The predicted octanol–water partition coefficient (Wildman–Crippen LogP) is 3.87. The monoisotopic (exact) mass is 249 g/mol. The van der Waals surface area contributed by atoms with E-state index in [4.69, 9.17) is 10.5 Å². The van der Waals surface area contributed by atoms with Crippen molar-refractivity contribution >= 4 is 0 Å². The van der Waals surface area contributed by atoms with Gasteiger partial charge in [-0.3, -0.25) is 0 Å². The Bertz CT molecular complexity index is 391. The minimum absolute atomic E-state index is 0.0398. The van der Waals surface area contributed by atoms with Crippen LogP contribution in [0.2, 0.25) is 0 Å². The molecule has 2 heteroatoms. The van der Waals surface area contributed by atoms with Gasteiger partial charge in [-0.15, -0.1) is 0 Å². The van der Waals surface area contributed by atoms with E-state index in [0.29, 0.717) is 12.5 Å². The van der Waals surface area contributed by atoms with Crippen molar-refractivity contribution in [2.24, 2.45) is 11.1 Å². The van der Waals surface area contributed by atoms with E-state index in [1.54, 1.807) is 0 Å². The van der Waals surface area contributed by atoms with Crippen molar-refractivity contribution in [2.45, 2.75) is 53.5 Å². The lowest BCUT2D eigenvalue weighted by atomic mass is 9.88. The van der Waals surface area contributed by atoms with Gasteiger partial charge in [-0.1, -0.05) is 46.8 Å². The van der Waals surface area contributed by atoms with Gasteiger partial charge in [0.2, 0.25) is 0 Å². The number of rotatable bonds is 4. The fourth-order valence-electron chi connectivity index (χ4n) is 1.67.